The van der Waals surface area contributed by atoms with Gasteiger partial charge in [0.05, 0.1) is 6.04 Å². The maximum Gasteiger partial charge on any atom is 0.326 e. The van der Waals surface area contributed by atoms with E-state index < -0.39 is 60.2 Å². The Labute approximate surface area is 214 Å². The van der Waals surface area contributed by atoms with Gasteiger partial charge in [0.2, 0.25) is 17.7 Å². The van der Waals surface area contributed by atoms with Crippen LogP contribution in [0.15, 0.2) is 0 Å². The van der Waals surface area contributed by atoms with Crippen molar-refractivity contribution < 1.29 is 34.2 Å². The largest absolute Gasteiger partial charge is 0.481 e. The monoisotopic (exact) mass is 537 g/mol. The average Bonchev–Trinajstić information content (AvgIpc) is 2.81. The standard InChI is InChI=1S/C21H39N5O7S2/c1-34-11-8-13(23)18(29)24-15(6-7-17(27)28)20(31)25-14(5-3-4-10-22)19(30)26-16(21(32)33)9-12-35-2/h13-16H,3-12,22-23H2,1-2H3,(H,24,29)(H,25,31)(H,26,30)(H,27,28)(H,32,33). The third-order valence-corrected chi connectivity index (χ3v) is 6.34. The van der Waals surface area contributed by atoms with Crippen molar-refractivity contribution in [3.8, 4) is 0 Å². The van der Waals surface area contributed by atoms with Gasteiger partial charge in [0.25, 0.3) is 0 Å². The van der Waals surface area contributed by atoms with Crippen molar-refractivity contribution in [1.82, 2.24) is 16.0 Å². The number of carbonyl (C=O) groups is 5. The summed E-state index contributed by atoms with van der Waals surface area (Å²) >= 11 is 2.94. The number of rotatable bonds is 20. The van der Waals surface area contributed by atoms with Crippen LogP contribution >= 0.6 is 23.5 Å². The van der Waals surface area contributed by atoms with Crippen LogP contribution in [0.1, 0.15) is 44.9 Å². The number of amides is 3. The molecule has 0 aliphatic heterocycles. The van der Waals surface area contributed by atoms with Crippen LogP contribution in [0.25, 0.3) is 0 Å². The highest BCUT2D eigenvalue weighted by Crippen LogP contribution is 2.07. The fraction of sp³-hybridized carbons (Fsp3) is 0.762. The lowest BCUT2D eigenvalue weighted by Gasteiger charge is -2.25. The predicted octanol–water partition coefficient (Wildman–Crippen LogP) is -0.647. The molecule has 0 aromatic rings. The van der Waals surface area contributed by atoms with E-state index in [1.165, 1.54) is 23.5 Å². The molecule has 0 aliphatic carbocycles. The quantitative estimate of drug-likeness (QED) is 0.0969. The first kappa shape index (κ1) is 33.0. The molecule has 0 radical (unpaired) electrons. The molecule has 0 saturated carbocycles. The van der Waals surface area contributed by atoms with E-state index >= 15 is 0 Å². The number of carboxylic acid groups (broad SMARTS) is 2. The minimum Gasteiger partial charge on any atom is -0.481 e. The molecule has 0 heterocycles. The van der Waals surface area contributed by atoms with Crippen LogP contribution in [0.3, 0.4) is 0 Å². The summed E-state index contributed by atoms with van der Waals surface area (Å²) < 4.78 is 0. The molecule has 0 aliphatic rings. The highest BCUT2D eigenvalue weighted by Gasteiger charge is 2.30. The molecule has 12 nitrogen and oxygen atoms in total. The lowest BCUT2D eigenvalue weighted by atomic mass is 10.0. The van der Waals surface area contributed by atoms with Gasteiger partial charge in [-0.05, 0) is 69.1 Å². The van der Waals surface area contributed by atoms with Gasteiger partial charge in [-0.2, -0.15) is 23.5 Å². The molecule has 0 fully saturated rings. The van der Waals surface area contributed by atoms with Gasteiger partial charge in [-0.1, -0.05) is 0 Å². The average molecular weight is 538 g/mol. The summed E-state index contributed by atoms with van der Waals surface area (Å²) in [7, 11) is 0. The van der Waals surface area contributed by atoms with Crippen molar-refractivity contribution in [3.63, 3.8) is 0 Å². The molecular formula is C21H39N5O7S2. The summed E-state index contributed by atoms with van der Waals surface area (Å²) in [5, 5.41) is 25.9. The van der Waals surface area contributed by atoms with Gasteiger partial charge in [0, 0.05) is 6.42 Å². The van der Waals surface area contributed by atoms with Crippen molar-refractivity contribution in [2.45, 2.75) is 69.1 Å². The molecule has 0 aromatic heterocycles. The molecule has 9 N–H and O–H groups in total. The van der Waals surface area contributed by atoms with Crippen molar-refractivity contribution in [1.29, 1.82) is 0 Å². The molecule has 0 rings (SSSR count). The number of thioether (sulfide) groups is 2. The predicted molar refractivity (Wildman–Crippen MR) is 137 cm³/mol. The van der Waals surface area contributed by atoms with Gasteiger partial charge in [0.15, 0.2) is 0 Å². The van der Waals surface area contributed by atoms with E-state index in [9.17, 15) is 29.1 Å². The second kappa shape index (κ2) is 19.2. The summed E-state index contributed by atoms with van der Waals surface area (Å²) in [5.41, 5.74) is 11.4. The highest BCUT2D eigenvalue weighted by atomic mass is 32.2. The zero-order chi connectivity index (χ0) is 26.8. The Morgan fingerprint density at radius 1 is 0.743 bits per heavy atom. The SMILES string of the molecule is CSCCC(N)C(=O)NC(CCC(=O)O)C(=O)NC(CCCCN)C(=O)NC(CCSC)C(=O)O. The fourth-order valence-electron chi connectivity index (χ4n) is 2.99. The number of carbonyl (C=O) groups excluding carboxylic acids is 3. The van der Waals surface area contributed by atoms with Crippen molar-refractivity contribution >= 4 is 53.2 Å². The Kier molecular flexibility index (Phi) is 18.1. The zero-order valence-electron chi connectivity index (χ0n) is 20.3. The van der Waals surface area contributed by atoms with Crippen LogP contribution in [0.4, 0.5) is 0 Å². The number of nitrogens with two attached hydrogens (primary N) is 2. The van der Waals surface area contributed by atoms with Crippen LogP contribution in [-0.4, -0.2) is 94.6 Å². The van der Waals surface area contributed by atoms with Gasteiger partial charge in [-0.3, -0.25) is 19.2 Å². The number of carboxylic acids is 2. The smallest absolute Gasteiger partial charge is 0.326 e. The van der Waals surface area contributed by atoms with Crippen LogP contribution < -0.4 is 27.4 Å². The summed E-state index contributed by atoms with van der Waals surface area (Å²) in [5.74, 6) is -3.22. The molecule has 0 aromatic carbocycles. The van der Waals surface area contributed by atoms with Crippen LogP contribution in [0, 0.1) is 0 Å². The molecular weight excluding hydrogens is 498 g/mol. The van der Waals surface area contributed by atoms with Crippen LogP contribution in [0.2, 0.25) is 0 Å². The van der Waals surface area contributed by atoms with Crippen molar-refractivity contribution in [2.24, 2.45) is 11.5 Å². The zero-order valence-corrected chi connectivity index (χ0v) is 21.9. The first-order chi connectivity index (χ1) is 16.6. The summed E-state index contributed by atoms with van der Waals surface area (Å²) in [6.45, 7) is 0.374. The third-order valence-electron chi connectivity index (χ3n) is 5.05. The van der Waals surface area contributed by atoms with E-state index in [1.54, 1.807) is 0 Å². The number of hydrogen-bond acceptors (Lipinski definition) is 9. The highest BCUT2D eigenvalue weighted by molar-refractivity contribution is 7.98. The molecule has 14 heteroatoms. The first-order valence-corrected chi connectivity index (χ1v) is 14.1. The van der Waals surface area contributed by atoms with Gasteiger partial charge in [0.1, 0.15) is 18.1 Å². The maximum atomic E-state index is 13.0. The number of nitrogens with one attached hydrogen (secondary N) is 3. The molecule has 0 bridgehead atoms. The first-order valence-electron chi connectivity index (χ1n) is 11.4. The molecule has 3 amide bonds. The molecule has 202 valence electrons. The number of unbranched alkanes of at least 4 members (excludes halogenated alkanes) is 1. The minimum atomic E-state index is -1.23. The van der Waals surface area contributed by atoms with Crippen molar-refractivity contribution in [3.05, 3.63) is 0 Å². The van der Waals surface area contributed by atoms with Gasteiger partial charge < -0.3 is 37.6 Å². The third kappa shape index (κ3) is 14.9. The van der Waals surface area contributed by atoms with Crippen molar-refractivity contribution in [2.75, 3.05) is 30.6 Å². The van der Waals surface area contributed by atoms with E-state index in [0.29, 0.717) is 37.3 Å². The van der Waals surface area contributed by atoms with Crippen LogP contribution in [-0.2, 0) is 24.0 Å². The lowest BCUT2D eigenvalue weighted by molar-refractivity contribution is -0.142. The Morgan fingerprint density at radius 2 is 1.26 bits per heavy atom. The summed E-state index contributed by atoms with van der Waals surface area (Å²) in [4.78, 5) is 60.8. The summed E-state index contributed by atoms with van der Waals surface area (Å²) in [6, 6.07) is -4.31. The van der Waals surface area contributed by atoms with E-state index in [2.05, 4.69) is 16.0 Å². The molecule has 0 spiro atoms. The van der Waals surface area contributed by atoms with E-state index in [4.69, 9.17) is 16.6 Å². The normalized spacial score (nSPS) is 14.3. The van der Waals surface area contributed by atoms with Crippen LogP contribution in [0.5, 0.6) is 0 Å². The van der Waals surface area contributed by atoms with Gasteiger partial charge >= 0.3 is 11.9 Å². The Morgan fingerprint density at radius 3 is 1.77 bits per heavy atom. The second-order valence-corrected chi connectivity index (χ2v) is 9.88. The van der Waals surface area contributed by atoms with Gasteiger partial charge in [-0.25, -0.2) is 4.79 Å². The molecule has 4 unspecified atom stereocenters. The second-order valence-electron chi connectivity index (χ2n) is 7.91. The molecule has 35 heavy (non-hydrogen) atoms. The van der Waals surface area contributed by atoms with E-state index in [-0.39, 0.29) is 19.3 Å². The Balaban J connectivity index is 5.50. The fourth-order valence-corrected chi connectivity index (χ4v) is 3.95. The van der Waals surface area contributed by atoms with E-state index in [1.807, 2.05) is 12.5 Å². The Hall–Kier alpha value is -2.03. The topological polar surface area (TPSA) is 214 Å². The summed E-state index contributed by atoms with van der Waals surface area (Å²) in [6.07, 6.45) is 4.92. The lowest BCUT2D eigenvalue weighted by Crippen LogP contribution is -2.57. The number of hydrogen-bond donors (Lipinski definition) is 7. The molecule has 4 atom stereocenters. The van der Waals surface area contributed by atoms with E-state index in [0.717, 1.165) is 0 Å². The minimum absolute atomic E-state index is 0.191. The maximum absolute atomic E-state index is 13.0. The van der Waals surface area contributed by atoms with Gasteiger partial charge in [-0.15, -0.1) is 0 Å². The Bertz CT molecular complexity index is 699. The number of aliphatic carboxylic acids is 2. The molecule has 0 saturated heterocycles.